The second kappa shape index (κ2) is 8.63. The average Bonchev–Trinajstić information content (AvgIpc) is 2.39. The van der Waals surface area contributed by atoms with Gasteiger partial charge in [0, 0.05) is 6.42 Å². The highest BCUT2D eigenvalue weighted by atomic mass is 16.5. The molecule has 0 saturated heterocycles. The molecule has 0 bridgehead atoms. The Kier molecular flexibility index (Phi) is 6.89. The second-order valence-electron chi connectivity index (χ2n) is 4.06. The maximum Gasteiger partial charge on any atom is 0.113 e. The number of hydrogen-bond acceptors (Lipinski definition) is 1. The van der Waals surface area contributed by atoms with E-state index in [2.05, 4.69) is 24.8 Å². The Bertz CT molecular complexity index is 338. The molecule has 0 N–H and O–H groups in total. The molecule has 0 fully saturated rings. The number of hydrogen-bond donors (Lipinski definition) is 0. The molecular formula is C16H22O. The molecule has 0 aliphatic carbocycles. The fraction of sp³-hybridized carbons (Fsp3) is 0.375. The molecule has 1 heteroatoms. The largest absolute Gasteiger partial charge is 0.494 e. The Balaban J connectivity index is 2.26. The summed E-state index contributed by atoms with van der Waals surface area (Å²) in [4.78, 5) is 0. The number of unbranched alkanes of at least 4 members (excludes halogenated alkanes) is 2. The van der Waals surface area contributed by atoms with Crippen LogP contribution in [0.25, 0.3) is 0 Å². The first-order chi connectivity index (χ1) is 8.36. The van der Waals surface area contributed by atoms with Gasteiger partial charge >= 0.3 is 0 Å². The van der Waals surface area contributed by atoms with Crippen LogP contribution in [-0.4, -0.2) is 0 Å². The third-order valence-electron chi connectivity index (χ3n) is 2.67. The average molecular weight is 230 g/mol. The van der Waals surface area contributed by atoms with Gasteiger partial charge in [-0.2, -0.15) is 0 Å². The predicted molar refractivity (Wildman–Crippen MR) is 73.7 cm³/mol. The fourth-order valence-corrected chi connectivity index (χ4v) is 1.64. The van der Waals surface area contributed by atoms with E-state index in [0.29, 0.717) is 6.61 Å². The van der Waals surface area contributed by atoms with Gasteiger partial charge in [-0.1, -0.05) is 36.4 Å². The Hall–Kier alpha value is -1.50. The smallest absolute Gasteiger partial charge is 0.113 e. The summed E-state index contributed by atoms with van der Waals surface area (Å²) in [5, 5.41) is 0. The second-order valence-corrected chi connectivity index (χ2v) is 4.06. The Morgan fingerprint density at radius 3 is 2.65 bits per heavy atom. The molecule has 1 aromatic carbocycles. The van der Waals surface area contributed by atoms with Gasteiger partial charge in [-0.25, -0.2) is 0 Å². The minimum absolute atomic E-state index is 0.669. The predicted octanol–water partition coefficient (Wildman–Crippen LogP) is 4.85. The van der Waals surface area contributed by atoms with E-state index in [-0.39, 0.29) is 0 Å². The first-order valence-electron chi connectivity index (χ1n) is 6.29. The van der Waals surface area contributed by atoms with Crippen LogP contribution in [0.3, 0.4) is 0 Å². The summed E-state index contributed by atoms with van der Waals surface area (Å²) in [6, 6.07) is 10.3. The van der Waals surface area contributed by atoms with Crippen LogP contribution in [0.5, 0.6) is 0 Å². The summed E-state index contributed by atoms with van der Waals surface area (Å²) in [6.45, 7) is 6.43. The van der Waals surface area contributed by atoms with E-state index >= 15 is 0 Å². The number of ether oxygens (including phenoxy) is 1. The number of allylic oxidation sites excluding steroid dienone is 3. The van der Waals surface area contributed by atoms with Gasteiger partial charge in [-0.3, -0.25) is 0 Å². The monoisotopic (exact) mass is 230 g/mol. The number of benzene rings is 1. The van der Waals surface area contributed by atoms with Crippen LogP contribution in [0, 0.1) is 0 Å². The molecule has 0 spiro atoms. The van der Waals surface area contributed by atoms with Crippen LogP contribution in [0.2, 0.25) is 0 Å². The van der Waals surface area contributed by atoms with Crippen LogP contribution in [-0.2, 0) is 11.3 Å². The van der Waals surface area contributed by atoms with E-state index < -0.39 is 0 Å². The van der Waals surface area contributed by atoms with Gasteiger partial charge in [0.1, 0.15) is 6.61 Å². The summed E-state index contributed by atoms with van der Waals surface area (Å²) >= 11 is 0. The molecule has 0 aromatic heterocycles. The zero-order valence-electron chi connectivity index (χ0n) is 10.7. The summed E-state index contributed by atoms with van der Waals surface area (Å²) in [5.41, 5.74) is 1.22. The van der Waals surface area contributed by atoms with Gasteiger partial charge in [-0.15, -0.1) is 6.58 Å². The molecular weight excluding hydrogens is 208 g/mol. The molecule has 0 heterocycles. The summed E-state index contributed by atoms with van der Waals surface area (Å²) < 4.78 is 5.79. The summed E-state index contributed by atoms with van der Waals surface area (Å²) in [7, 11) is 0. The normalized spacial score (nSPS) is 11.2. The van der Waals surface area contributed by atoms with Crippen molar-refractivity contribution in [1.82, 2.24) is 0 Å². The maximum absolute atomic E-state index is 5.79. The maximum atomic E-state index is 5.79. The molecule has 0 unspecified atom stereocenters. The van der Waals surface area contributed by atoms with E-state index in [1.165, 1.54) is 18.4 Å². The summed E-state index contributed by atoms with van der Waals surface area (Å²) in [6.07, 6.45) is 8.51. The van der Waals surface area contributed by atoms with E-state index in [1.807, 2.05) is 31.2 Å². The Labute approximate surface area is 105 Å². The first kappa shape index (κ1) is 13.6. The highest BCUT2D eigenvalue weighted by Gasteiger charge is 1.98. The molecule has 1 nitrogen and oxygen atoms in total. The zero-order valence-corrected chi connectivity index (χ0v) is 10.7. The minimum atomic E-state index is 0.669. The van der Waals surface area contributed by atoms with Gasteiger partial charge in [-0.05, 0) is 37.8 Å². The molecule has 0 aliphatic rings. The van der Waals surface area contributed by atoms with Crippen molar-refractivity contribution in [3.05, 3.63) is 60.4 Å². The third kappa shape index (κ3) is 5.96. The lowest BCUT2D eigenvalue weighted by atomic mass is 10.1. The van der Waals surface area contributed by atoms with Crippen molar-refractivity contribution in [3.63, 3.8) is 0 Å². The van der Waals surface area contributed by atoms with Gasteiger partial charge in [0.05, 0.1) is 5.76 Å². The van der Waals surface area contributed by atoms with Crippen molar-refractivity contribution < 1.29 is 4.74 Å². The first-order valence-corrected chi connectivity index (χ1v) is 6.29. The SMILES string of the molecule is C=CCCCC/C(=C/C)OCc1ccccc1. The minimum Gasteiger partial charge on any atom is -0.494 e. The van der Waals surface area contributed by atoms with Gasteiger partial charge in [0.2, 0.25) is 0 Å². The number of rotatable bonds is 8. The molecule has 0 amide bonds. The molecule has 0 saturated carbocycles. The highest BCUT2D eigenvalue weighted by Crippen LogP contribution is 2.13. The topological polar surface area (TPSA) is 9.23 Å². The Morgan fingerprint density at radius 2 is 2.00 bits per heavy atom. The quantitative estimate of drug-likeness (QED) is 0.352. The standard InChI is InChI=1S/C16H22O/c1-3-5-6-10-13-16(4-2)17-14-15-11-8-7-9-12-15/h3-4,7-9,11-12H,1,5-6,10,13-14H2,2H3/b16-4-. The lowest BCUT2D eigenvalue weighted by Gasteiger charge is -2.10. The van der Waals surface area contributed by atoms with Crippen molar-refractivity contribution in [1.29, 1.82) is 0 Å². The van der Waals surface area contributed by atoms with Crippen LogP contribution >= 0.6 is 0 Å². The van der Waals surface area contributed by atoms with Gasteiger partial charge in [0.25, 0.3) is 0 Å². The van der Waals surface area contributed by atoms with Crippen molar-refractivity contribution >= 4 is 0 Å². The molecule has 0 radical (unpaired) electrons. The van der Waals surface area contributed by atoms with E-state index in [9.17, 15) is 0 Å². The van der Waals surface area contributed by atoms with E-state index in [1.54, 1.807) is 0 Å². The Morgan fingerprint density at radius 1 is 1.24 bits per heavy atom. The molecule has 0 atom stereocenters. The van der Waals surface area contributed by atoms with Crippen LogP contribution in [0.1, 0.15) is 38.2 Å². The van der Waals surface area contributed by atoms with Crippen LogP contribution < -0.4 is 0 Å². The molecule has 17 heavy (non-hydrogen) atoms. The lowest BCUT2D eigenvalue weighted by Crippen LogP contribution is -1.94. The summed E-state index contributed by atoms with van der Waals surface area (Å²) in [5.74, 6) is 1.10. The van der Waals surface area contributed by atoms with Gasteiger partial charge in [0.15, 0.2) is 0 Å². The van der Waals surface area contributed by atoms with Crippen molar-refractivity contribution in [2.24, 2.45) is 0 Å². The fourth-order valence-electron chi connectivity index (χ4n) is 1.64. The zero-order chi connectivity index (χ0) is 12.3. The third-order valence-corrected chi connectivity index (χ3v) is 2.67. The molecule has 1 aromatic rings. The lowest BCUT2D eigenvalue weighted by molar-refractivity contribution is 0.187. The highest BCUT2D eigenvalue weighted by molar-refractivity contribution is 5.13. The molecule has 92 valence electrons. The van der Waals surface area contributed by atoms with Crippen molar-refractivity contribution in [2.75, 3.05) is 0 Å². The molecule has 0 aliphatic heterocycles. The van der Waals surface area contributed by atoms with Crippen LogP contribution in [0.4, 0.5) is 0 Å². The molecule has 1 rings (SSSR count). The van der Waals surface area contributed by atoms with Crippen molar-refractivity contribution in [2.45, 2.75) is 39.2 Å². The van der Waals surface area contributed by atoms with E-state index in [4.69, 9.17) is 4.74 Å². The van der Waals surface area contributed by atoms with Crippen LogP contribution in [0.15, 0.2) is 54.8 Å². The van der Waals surface area contributed by atoms with Gasteiger partial charge < -0.3 is 4.74 Å². The van der Waals surface area contributed by atoms with Crippen molar-refractivity contribution in [3.8, 4) is 0 Å². The van der Waals surface area contributed by atoms with E-state index in [0.717, 1.165) is 18.6 Å².